The molecule has 0 N–H and O–H groups in total. The second-order valence-electron chi connectivity index (χ2n) is 13.7. The van der Waals surface area contributed by atoms with E-state index in [4.69, 9.17) is 28.4 Å². The Morgan fingerprint density at radius 1 is 0.640 bits per heavy atom. The van der Waals surface area contributed by atoms with E-state index in [9.17, 15) is 4.79 Å². The molecule has 0 aliphatic carbocycles. The van der Waals surface area contributed by atoms with Crippen LogP contribution in [-0.4, -0.2) is 66.3 Å². The Kier molecular flexibility index (Phi) is 17.8. The minimum atomic E-state index is -3.38. The first-order valence-electron chi connectivity index (χ1n) is 18.8. The number of methoxy groups -OCH3 is 1. The van der Waals surface area contributed by atoms with Crippen molar-refractivity contribution in [3.05, 3.63) is 108 Å². The molecule has 4 rings (SSSR count). The van der Waals surface area contributed by atoms with Crippen molar-refractivity contribution < 1.29 is 33.2 Å². The van der Waals surface area contributed by atoms with Gasteiger partial charge in [0.05, 0.1) is 0 Å². The van der Waals surface area contributed by atoms with Crippen LogP contribution in [0, 0.1) is 0 Å². The molecule has 0 aromatic heterocycles. The van der Waals surface area contributed by atoms with Gasteiger partial charge in [0, 0.05) is 0 Å². The van der Waals surface area contributed by atoms with Crippen molar-refractivity contribution in [2.45, 2.75) is 134 Å². The van der Waals surface area contributed by atoms with Crippen LogP contribution >= 0.6 is 0 Å². The van der Waals surface area contributed by atoms with Crippen molar-refractivity contribution in [3.8, 4) is 0 Å². The van der Waals surface area contributed by atoms with Gasteiger partial charge < -0.3 is 0 Å². The molecule has 0 bridgehead atoms. The van der Waals surface area contributed by atoms with Crippen LogP contribution in [0.5, 0.6) is 0 Å². The molecule has 3 aromatic rings. The van der Waals surface area contributed by atoms with Gasteiger partial charge in [0.25, 0.3) is 0 Å². The quantitative estimate of drug-likeness (QED) is 0.0742. The number of carbonyl (C=O) groups is 1. The zero-order chi connectivity index (χ0) is 35.6. The predicted molar refractivity (Wildman–Crippen MR) is 201 cm³/mol. The molecule has 50 heavy (non-hydrogen) atoms. The summed E-state index contributed by atoms with van der Waals surface area (Å²) in [5.41, 5.74) is 3.14. The first-order chi connectivity index (χ1) is 24.4. The van der Waals surface area contributed by atoms with Crippen LogP contribution in [-0.2, 0) is 53.0 Å². The summed E-state index contributed by atoms with van der Waals surface area (Å²) in [4.78, 5) is 13.1. The van der Waals surface area contributed by atoms with E-state index in [1.54, 1.807) is 7.11 Å². The second-order valence-corrected chi connectivity index (χ2v) is 27.4. The molecule has 1 aliphatic heterocycles. The van der Waals surface area contributed by atoms with Gasteiger partial charge >= 0.3 is 307 Å². The molecule has 1 fully saturated rings. The summed E-state index contributed by atoms with van der Waals surface area (Å²) in [6.07, 6.45) is 3.55. The number of rotatable bonds is 22. The number of carbonyl (C=O) groups excluding carboxylic acids is 1. The van der Waals surface area contributed by atoms with Crippen molar-refractivity contribution >= 4 is 24.3 Å². The molecule has 0 radical (unpaired) electrons. The Balaban J connectivity index is 1.83. The van der Waals surface area contributed by atoms with Crippen LogP contribution in [0.3, 0.4) is 0 Å². The van der Waals surface area contributed by atoms with Crippen LogP contribution < -0.4 is 0 Å². The molecular weight excluding hydrogens is 735 g/mol. The van der Waals surface area contributed by atoms with Crippen LogP contribution in [0.1, 0.15) is 82.9 Å². The molecule has 1 aliphatic rings. The molecule has 0 amide bonds. The Hall–Kier alpha value is -2.27. The van der Waals surface area contributed by atoms with Crippen LogP contribution in [0.2, 0.25) is 13.3 Å². The van der Waals surface area contributed by atoms with Crippen LogP contribution in [0.15, 0.2) is 91.0 Å². The number of esters is 1. The molecule has 3 aromatic carbocycles. The minimum absolute atomic E-state index is 0.274. The van der Waals surface area contributed by atoms with Gasteiger partial charge in [0.1, 0.15) is 0 Å². The summed E-state index contributed by atoms with van der Waals surface area (Å²) in [6.45, 7) is 9.37. The fourth-order valence-corrected chi connectivity index (χ4v) is 24.8. The maximum atomic E-state index is 13.1. The SMILES string of the molecule is CCC[CH2][Sn]([CH2]CCC)([CH2]CCC)[CH](OC(C)=O)[C@H]1O[C@H](OC)[C@H](OCc2ccccc2)[C@@H](OCc2ccccc2)[C@@H]1OCc1ccccc1. The van der Waals surface area contributed by atoms with Gasteiger partial charge in [0.15, 0.2) is 0 Å². The standard InChI is InChI=1S/C30H33O7.3C4H9.Sn/c1-22(31)33-21-26-27(34-18-23-12-6-3-7-13-23)28(35-19-24-14-8-4-9-15-24)29(30(32-2)37-26)36-20-25-16-10-5-11-17-25;3*1-3-4-2;/h3-17,21,26-30H,18-20H2,1-2H3;3*1,3-4H2,2H3;/t26-,27-,28+,29-,30+;;;;/m1..../s1. The molecule has 0 spiro atoms. The van der Waals surface area contributed by atoms with Crippen molar-refractivity contribution in [2.75, 3.05) is 7.11 Å². The van der Waals surface area contributed by atoms with Crippen molar-refractivity contribution in [3.63, 3.8) is 0 Å². The van der Waals surface area contributed by atoms with Crippen molar-refractivity contribution in [1.82, 2.24) is 0 Å². The van der Waals surface area contributed by atoms with Gasteiger partial charge in [0.2, 0.25) is 0 Å². The van der Waals surface area contributed by atoms with E-state index in [1.807, 2.05) is 66.7 Å². The average molecular weight is 796 g/mol. The molecular formula is C42H60O7Sn. The van der Waals surface area contributed by atoms with E-state index in [1.165, 1.54) is 6.92 Å². The van der Waals surface area contributed by atoms with Crippen molar-refractivity contribution in [2.24, 2.45) is 0 Å². The number of hydrogen-bond acceptors (Lipinski definition) is 7. The summed E-state index contributed by atoms with van der Waals surface area (Å²) in [5, 5.41) is 0. The molecule has 274 valence electrons. The third kappa shape index (κ3) is 11.9. The first-order valence-corrected chi connectivity index (χ1v) is 26.5. The van der Waals surface area contributed by atoms with E-state index in [0.717, 1.165) is 68.5 Å². The maximum absolute atomic E-state index is 13.1. The monoisotopic (exact) mass is 796 g/mol. The van der Waals surface area contributed by atoms with Gasteiger partial charge in [-0.25, -0.2) is 0 Å². The number of unbranched alkanes of at least 4 members (excludes halogenated alkanes) is 3. The summed E-state index contributed by atoms with van der Waals surface area (Å²) in [6, 6.07) is 30.5. The van der Waals surface area contributed by atoms with E-state index in [2.05, 4.69) is 45.0 Å². The molecule has 1 heterocycles. The Morgan fingerprint density at radius 3 is 1.42 bits per heavy atom. The molecule has 0 saturated carbocycles. The second kappa shape index (κ2) is 21.9. The molecule has 8 heteroatoms. The normalized spacial score (nSPS) is 21.5. The van der Waals surface area contributed by atoms with Crippen LogP contribution in [0.4, 0.5) is 0 Å². The summed E-state index contributed by atoms with van der Waals surface area (Å²) < 4.78 is 43.4. The van der Waals surface area contributed by atoms with Gasteiger partial charge in [-0.1, -0.05) is 0 Å². The third-order valence-corrected chi connectivity index (χ3v) is 26.2. The van der Waals surface area contributed by atoms with Gasteiger partial charge in [-0.15, -0.1) is 0 Å². The fourth-order valence-electron chi connectivity index (χ4n) is 7.23. The molecule has 1 unspecified atom stereocenters. The summed E-state index contributed by atoms with van der Waals surface area (Å²) >= 11 is -3.38. The summed E-state index contributed by atoms with van der Waals surface area (Å²) in [5.74, 6) is -0.274. The zero-order valence-corrected chi connectivity index (χ0v) is 33.8. The number of ether oxygens (including phenoxy) is 6. The van der Waals surface area contributed by atoms with Crippen LogP contribution in [0.25, 0.3) is 0 Å². The summed E-state index contributed by atoms with van der Waals surface area (Å²) in [7, 11) is 1.66. The average Bonchev–Trinajstić information content (AvgIpc) is 3.15. The van der Waals surface area contributed by atoms with E-state index < -0.39 is 49.1 Å². The fraction of sp³-hybridized carbons (Fsp3) is 0.548. The molecule has 6 atom stereocenters. The topological polar surface area (TPSA) is 72.5 Å². The van der Waals surface area contributed by atoms with E-state index in [-0.39, 0.29) is 10.1 Å². The van der Waals surface area contributed by atoms with Gasteiger partial charge in [-0.3, -0.25) is 0 Å². The van der Waals surface area contributed by atoms with E-state index >= 15 is 0 Å². The Bertz CT molecular complexity index is 1320. The number of hydrogen-bond donors (Lipinski definition) is 0. The zero-order valence-electron chi connectivity index (χ0n) is 31.0. The van der Waals surface area contributed by atoms with Gasteiger partial charge in [-0.2, -0.15) is 0 Å². The van der Waals surface area contributed by atoms with Gasteiger partial charge in [-0.05, 0) is 0 Å². The number of benzene rings is 3. The first kappa shape index (κ1) is 40.5. The Morgan fingerprint density at radius 2 is 1.04 bits per heavy atom. The third-order valence-electron chi connectivity index (χ3n) is 9.90. The van der Waals surface area contributed by atoms with E-state index in [0.29, 0.717) is 19.8 Å². The predicted octanol–water partition coefficient (Wildman–Crippen LogP) is 9.43. The molecule has 7 nitrogen and oxygen atoms in total. The Labute approximate surface area is 305 Å². The van der Waals surface area contributed by atoms with Crippen molar-refractivity contribution in [1.29, 1.82) is 0 Å². The molecule has 1 saturated heterocycles.